The maximum Gasteiger partial charge on any atom is 0.333 e. The molecule has 0 amide bonds. The van der Waals surface area contributed by atoms with E-state index in [2.05, 4.69) is 17.9 Å². The van der Waals surface area contributed by atoms with E-state index in [1.807, 2.05) is 6.08 Å². The Labute approximate surface area is 96.8 Å². The number of aliphatic hydroxyl groups is 1. The fraction of sp³-hybridized carbons (Fsp3) is 0.615. The number of hydrogen-bond donors (Lipinski definition) is 1. The van der Waals surface area contributed by atoms with Gasteiger partial charge < -0.3 is 9.84 Å². The van der Waals surface area contributed by atoms with Crippen LogP contribution in [0.25, 0.3) is 0 Å². The maximum atomic E-state index is 11.4. The minimum Gasteiger partial charge on any atom is -0.466 e. The summed E-state index contributed by atoms with van der Waals surface area (Å²) >= 11 is 0. The molecule has 1 aliphatic carbocycles. The van der Waals surface area contributed by atoms with Crippen LogP contribution < -0.4 is 0 Å². The normalized spacial score (nSPS) is 34.2. The Kier molecular flexibility index (Phi) is 3.92. The van der Waals surface area contributed by atoms with Gasteiger partial charge in [-0.05, 0) is 32.1 Å². The van der Waals surface area contributed by atoms with E-state index >= 15 is 0 Å². The molecular weight excluding hydrogens is 204 g/mol. The van der Waals surface area contributed by atoms with Gasteiger partial charge in [0.15, 0.2) is 0 Å². The second-order valence-corrected chi connectivity index (χ2v) is 4.70. The predicted molar refractivity (Wildman–Crippen MR) is 62.8 cm³/mol. The monoisotopic (exact) mass is 224 g/mol. The van der Waals surface area contributed by atoms with E-state index in [0.717, 1.165) is 6.42 Å². The Balaban J connectivity index is 2.84. The van der Waals surface area contributed by atoms with E-state index in [1.165, 1.54) is 7.11 Å². The molecule has 90 valence electrons. The molecule has 1 saturated carbocycles. The van der Waals surface area contributed by atoms with Crippen LogP contribution in [0.4, 0.5) is 0 Å². The standard InChI is InChI=1S/C13H20O3/c1-5-10-6-7-13(3,15)11(8-10)9(2)12(14)16-4/h5,10-11,15H,1-2,6-8H2,3-4H3. The third kappa shape index (κ3) is 2.53. The zero-order valence-electron chi connectivity index (χ0n) is 10.0. The molecule has 1 fully saturated rings. The number of carbonyl (C=O) groups excluding carboxylic acids is 1. The molecule has 3 nitrogen and oxygen atoms in total. The van der Waals surface area contributed by atoms with Gasteiger partial charge in [-0.25, -0.2) is 4.79 Å². The molecule has 0 saturated heterocycles. The molecule has 3 unspecified atom stereocenters. The summed E-state index contributed by atoms with van der Waals surface area (Å²) in [5, 5.41) is 10.3. The van der Waals surface area contributed by atoms with Gasteiger partial charge in [-0.3, -0.25) is 0 Å². The van der Waals surface area contributed by atoms with Crippen LogP contribution in [-0.2, 0) is 9.53 Å². The van der Waals surface area contributed by atoms with Crippen LogP contribution in [0.2, 0.25) is 0 Å². The Morgan fingerprint density at radius 1 is 1.62 bits per heavy atom. The Bertz CT molecular complexity index is 304. The van der Waals surface area contributed by atoms with Crippen LogP contribution in [-0.4, -0.2) is 23.8 Å². The summed E-state index contributed by atoms with van der Waals surface area (Å²) in [4.78, 5) is 11.4. The highest BCUT2D eigenvalue weighted by Crippen LogP contribution is 2.40. The van der Waals surface area contributed by atoms with Gasteiger partial charge in [-0.15, -0.1) is 6.58 Å². The number of rotatable bonds is 3. The number of carbonyl (C=O) groups is 1. The van der Waals surface area contributed by atoms with Gasteiger partial charge in [0.05, 0.1) is 12.7 Å². The predicted octanol–water partition coefficient (Wildman–Crippen LogP) is 2.07. The smallest absolute Gasteiger partial charge is 0.333 e. The highest BCUT2D eigenvalue weighted by atomic mass is 16.5. The van der Waals surface area contributed by atoms with Gasteiger partial charge in [0.25, 0.3) is 0 Å². The molecular formula is C13H20O3. The number of methoxy groups -OCH3 is 1. The van der Waals surface area contributed by atoms with Crippen LogP contribution in [0.3, 0.4) is 0 Å². The molecule has 1 rings (SSSR count). The van der Waals surface area contributed by atoms with Crippen LogP contribution >= 0.6 is 0 Å². The number of ether oxygens (including phenoxy) is 1. The lowest BCUT2D eigenvalue weighted by molar-refractivity contribution is -0.138. The molecule has 3 heteroatoms. The van der Waals surface area contributed by atoms with Crippen molar-refractivity contribution in [3.8, 4) is 0 Å². The quantitative estimate of drug-likeness (QED) is 0.453. The lowest BCUT2D eigenvalue weighted by atomic mass is 9.69. The summed E-state index contributed by atoms with van der Waals surface area (Å²) in [6.07, 6.45) is 4.16. The van der Waals surface area contributed by atoms with E-state index < -0.39 is 11.6 Å². The minimum atomic E-state index is -0.870. The highest BCUT2D eigenvalue weighted by molar-refractivity contribution is 5.88. The minimum absolute atomic E-state index is 0.239. The second-order valence-electron chi connectivity index (χ2n) is 4.70. The third-order valence-corrected chi connectivity index (χ3v) is 3.51. The summed E-state index contributed by atoms with van der Waals surface area (Å²) in [5.41, 5.74) is -0.510. The first-order valence-corrected chi connectivity index (χ1v) is 5.54. The number of allylic oxidation sites excluding steroid dienone is 1. The first kappa shape index (κ1) is 13.0. The van der Waals surface area contributed by atoms with Crippen LogP contribution in [0.5, 0.6) is 0 Å². The van der Waals surface area contributed by atoms with E-state index in [4.69, 9.17) is 0 Å². The molecule has 0 aromatic heterocycles. The molecule has 1 N–H and O–H groups in total. The molecule has 16 heavy (non-hydrogen) atoms. The average Bonchev–Trinajstić information content (AvgIpc) is 2.27. The fourth-order valence-corrected chi connectivity index (χ4v) is 2.33. The Hall–Kier alpha value is -1.09. The molecule has 0 aromatic rings. The molecule has 0 bridgehead atoms. The van der Waals surface area contributed by atoms with E-state index in [9.17, 15) is 9.90 Å². The Morgan fingerprint density at radius 3 is 2.75 bits per heavy atom. The van der Waals surface area contributed by atoms with Crippen molar-refractivity contribution in [1.29, 1.82) is 0 Å². The summed E-state index contributed by atoms with van der Waals surface area (Å²) in [6, 6.07) is 0. The van der Waals surface area contributed by atoms with Crippen molar-refractivity contribution in [1.82, 2.24) is 0 Å². The van der Waals surface area contributed by atoms with Crippen molar-refractivity contribution in [3.05, 3.63) is 24.8 Å². The Morgan fingerprint density at radius 2 is 2.25 bits per heavy atom. The van der Waals surface area contributed by atoms with Gasteiger partial charge >= 0.3 is 5.97 Å². The van der Waals surface area contributed by atoms with E-state index in [-0.39, 0.29) is 5.92 Å². The molecule has 0 radical (unpaired) electrons. The lowest BCUT2D eigenvalue weighted by Crippen LogP contribution is -2.42. The van der Waals surface area contributed by atoms with Gasteiger partial charge in [0.1, 0.15) is 0 Å². The van der Waals surface area contributed by atoms with Gasteiger partial charge in [-0.2, -0.15) is 0 Å². The van der Waals surface area contributed by atoms with Crippen molar-refractivity contribution in [2.75, 3.05) is 7.11 Å². The van der Waals surface area contributed by atoms with Crippen molar-refractivity contribution < 1.29 is 14.6 Å². The summed E-state index contributed by atoms with van der Waals surface area (Å²) in [5.74, 6) is -0.335. The number of esters is 1. The first-order chi connectivity index (χ1) is 7.42. The molecule has 0 aliphatic heterocycles. The van der Waals surface area contributed by atoms with E-state index in [0.29, 0.717) is 24.3 Å². The van der Waals surface area contributed by atoms with E-state index in [1.54, 1.807) is 6.92 Å². The fourth-order valence-electron chi connectivity index (χ4n) is 2.33. The maximum absolute atomic E-state index is 11.4. The SMILES string of the molecule is C=CC1CCC(C)(O)C(C(=C)C(=O)OC)C1. The zero-order valence-corrected chi connectivity index (χ0v) is 10.0. The van der Waals surface area contributed by atoms with Crippen LogP contribution in [0.15, 0.2) is 24.8 Å². The molecule has 1 aliphatic rings. The van der Waals surface area contributed by atoms with Gasteiger partial charge in [0.2, 0.25) is 0 Å². The molecule has 0 aromatic carbocycles. The number of hydrogen-bond acceptors (Lipinski definition) is 3. The van der Waals surface area contributed by atoms with Crippen LogP contribution in [0.1, 0.15) is 26.2 Å². The largest absolute Gasteiger partial charge is 0.466 e. The average molecular weight is 224 g/mol. The molecule has 0 spiro atoms. The second kappa shape index (κ2) is 4.83. The van der Waals surface area contributed by atoms with Crippen molar-refractivity contribution in [2.45, 2.75) is 31.8 Å². The van der Waals surface area contributed by atoms with Crippen molar-refractivity contribution in [2.24, 2.45) is 11.8 Å². The lowest BCUT2D eigenvalue weighted by Gasteiger charge is -2.40. The zero-order chi connectivity index (χ0) is 12.3. The first-order valence-electron chi connectivity index (χ1n) is 5.54. The highest BCUT2D eigenvalue weighted by Gasteiger charge is 2.41. The topological polar surface area (TPSA) is 46.5 Å². The molecule has 3 atom stereocenters. The third-order valence-electron chi connectivity index (χ3n) is 3.51. The van der Waals surface area contributed by atoms with Crippen molar-refractivity contribution in [3.63, 3.8) is 0 Å². The van der Waals surface area contributed by atoms with Crippen molar-refractivity contribution >= 4 is 5.97 Å². The van der Waals surface area contributed by atoms with Gasteiger partial charge in [-0.1, -0.05) is 12.7 Å². The summed E-state index contributed by atoms with van der Waals surface area (Å²) in [6.45, 7) is 9.26. The van der Waals surface area contributed by atoms with Crippen LogP contribution in [0, 0.1) is 11.8 Å². The summed E-state index contributed by atoms with van der Waals surface area (Å²) in [7, 11) is 1.33. The molecule has 0 heterocycles. The van der Waals surface area contributed by atoms with Gasteiger partial charge in [0, 0.05) is 11.5 Å². The summed E-state index contributed by atoms with van der Waals surface area (Å²) < 4.78 is 4.65.